The molecule has 0 heterocycles. The first-order valence-corrected chi connectivity index (χ1v) is 5.69. The van der Waals surface area contributed by atoms with Crippen LogP contribution in [-0.2, 0) is 0 Å². The molecule has 1 N–H and O–H groups in total. The van der Waals surface area contributed by atoms with E-state index in [2.05, 4.69) is 11.9 Å². The molecule has 5 heteroatoms. The fourth-order valence-electron chi connectivity index (χ4n) is 1.65. The molecule has 0 aliphatic heterocycles. The Morgan fingerprint density at radius 3 is 2.35 bits per heavy atom. The highest BCUT2D eigenvalue weighted by Crippen LogP contribution is 2.25. The van der Waals surface area contributed by atoms with Gasteiger partial charge in [-0.05, 0) is 18.2 Å². The van der Waals surface area contributed by atoms with Crippen LogP contribution in [0.2, 0.25) is 0 Å². The van der Waals surface area contributed by atoms with Crippen molar-refractivity contribution in [3.8, 4) is 0 Å². The van der Waals surface area contributed by atoms with Crippen LogP contribution in [0.4, 0.5) is 18.9 Å². The molecule has 1 amide bonds. The molecular weight excluding hydrogens is 267 g/mol. The molecule has 0 unspecified atom stereocenters. The van der Waals surface area contributed by atoms with Crippen molar-refractivity contribution in [2.75, 3.05) is 5.32 Å². The van der Waals surface area contributed by atoms with Gasteiger partial charge in [-0.3, -0.25) is 4.79 Å². The number of nitrogens with one attached hydrogen (secondary N) is 1. The third-order valence-electron chi connectivity index (χ3n) is 2.61. The van der Waals surface area contributed by atoms with Gasteiger partial charge in [0.05, 0.1) is 5.56 Å². The lowest BCUT2D eigenvalue weighted by Crippen LogP contribution is -2.12. The fourth-order valence-corrected chi connectivity index (χ4v) is 1.65. The third kappa shape index (κ3) is 2.88. The first-order chi connectivity index (χ1) is 9.49. The number of amides is 1. The van der Waals surface area contributed by atoms with Gasteiger partial charge in [0.15, 0.2) is 11.6 Å². The summed E-state index contributed by atoms with van der Waals surface area (Å²) in [6.45, 7) is 2.92. The van der Waals surface area contributed by atoms with Gasteiger partial charge in [-0.1, -0.05) is 24.8 Å². The van der Waals surface area contributed by atoms with Crippen molar-refractivity contribution < 1.29 is 18.0 Å². The number of carbonyl (C=O) groups excluding carboxylic acids is 1. The van der Waals surface area contributed by atoms with Gasteiger partial charge in [0, 0.05) is 17.3 Å². The molecule has 102 valence electrons. The van der Waals surface area contributed by atoms with Crippen molar-refractivity contribution in [1.29, 1.82) is 0 Å². The molecule has 0 aromatic heterocycles. The summed E-state index contributed by atoms with van der Waals surface area (Å²) in [5.74, 6) is -4.22. The van der Waals surface area contributed by atoms with Crippen LogP contribution in [0.15, 0.2) is 49.0 Å². The molecule has 2 aromatic carbocycles. The van der Waals surface area contributed by atoms with E-state index in [-0.39, 0.29) is 5.69 Å². The molecule has 2 nitrogen and oxygen atoms in total. The van der Waals surface area contributed by atoms with E-state index in [1.54, 1.807) is 30.3 Å². The van der Waals surface area contributed by atoms with E-state index >= 15 is 0 Å². The molecule has 0 bridgehead atoms. The Labute approximate surface area is 113 Å². The SMILES string of the molecule is C=C(F)c1cc(NC(=O)c2ccccc2)cc(F)c1F. The number of anilines is 1. The molecular formula is C15H10F3NO. The van der Waals surface area contributed by atoms with Crippen LogP contribution in [0.3, 0.4) is 0 Å². The maximum atomic E-state index is 13.3. The quantitative estimate of drug-likeness (QED) is 0.896. The predicted molar refractivity (Wildman–Crippen MR) is 70.9 cm³/mol. The van der Waals surface area contributed by atoms with Gasteiger partial charge < -0.3 is 5.32 Å². The number of benzene rings is 2. The minimum absolute atomic E-state index is 0.0495. The Morgan fingerprint density at radius 1 is 1.10 bits per heavy atom. The number of hydrogen-bond acceptors (Lipinski definition) is 1. The minimum atomic E-state index is -1.34. The van der Waals surface area contributed by atoms with Crippen LogP contribution in [0.5, 0.6) is 0 Å². The minimum Gasteiger partial charge on any atom is -0.322 e. The van der Waals surface area contributed by atoms with Crippen LogP contribution >= 0.6 is 0 Å². The third-order valence-corrected chi connectivity index (χ3v) is 2.61. The van der Waals surface area contributed by atoms with Crippen LogP contribution in [0.1, 0.15) is 15.9 Å². The summed E-state index contributed by atoms with van der Waals surface area (Å²) in [7, 11) is 0. The Bertz CT molecular complexity index is 668. The van der Waals surface area contributed by atoms with Gasteiger partial charge in [-0.2, -0.15) is 0 Å². The second-order valence-electron chi connectivity index (χ2n) is 4.04. The summed E-state index contributed by atoms with van der Waals surface area (Å²) in [6.07, 6.45) is 0. The molecule has 0 radical (unpaired) electrons. The van der Waals surface area contributed by atoms with Crippen LogP contribution in [0, 0.1) is 11.6 Å². The van der Waals surface area contributed by atoms with E-state index in [0.717, 1.165) is 12.1 Å². The number of halogens is 3. The molecule has 0 aliphatic carbocycles. The van der Waals surface area contributed by atoms with Crippen molar-refractivity contribution in [3.05, 3.63) is 71.8 Å². The lowest BCUT2D eigenvalue weighted by atomic mass is 10.1. The topological polar surface area (TPSA) is 29.1 Å². The first-order valence-electron chi connectivity index (χ1n) is 5.69. The molecule has 0 spiro atoms. The van der Waals surface area contributed by atoms with Crippen LogP contribution in [0.25, 0.3) is 5.83 Å². The highest BCUT2D eigenvalue weighted by Gasteiger charge is 2.15. The standard InChI is InChI=1S/C15H10F3NO/c1-9(16)12-7-11(8-13(17)14(12)18)19-15(20)10-5-3-2-4-6-10/h2-8H,1H2,(H,19,20). The summed E-state index contributed by atoms with van der Waals surface area (Å²) in [4.78, 5) is 11.8. The fraction of sp³-hybridized carbons (Fsp3) is 0. The highest BCUT2D eigenvalue weighted by atomic mass is 19.2. The average Bonchev–Trinajstić information content (AvgIpc) is 2.43. The van der Waals surface area contributed by atoms with Gasteiger partial charge in [0.1, 0.15) is 5.83 Å². The van der Waals surface area contributed by atoms with E-state index < -0.39 is 28.9 Å². The van der Waals surface area contributed by atoms with Gasteiger partial charge in [-0.25, -0.2) is 13.2 Å². The summed E-state index contributed by atoms with van der Waals surface area (Å²) in [5, 5.41) is 2.37. The molecule has 0 saturated heterocycles. The van der Waals surface area contributed by atoms with Gasteiger partial charge in [0.2, 0.25) is 0 Å². The first kappa shape index (κ1) is 13.9. The van der Waals surface area contributed by atoms with Gasteiger partial charge >= 0.3 is 0 Å². The largest absolute Gasteiger partial charge is 0.322 e. The number of carbonyl (C=O) groups is 1. The summed E-state index contributed by atoms with van der Waals surface area (Å²) < 4.78 is 39.6. The number of rotatable bonds is 3. The Kier molecular flexibility index (Phi) is 3.89. The monoisotopic (exact) mass is 277 g/mol. The van der Waals surface area contributed by atoms with E-state index in [1.165, 1.54) is 0 Å². The van der Waals surface area contributed by atoms with Gasteiger partial charge in [0.25, 0.3) is 5.91 Å². The summed E-state index contributed by atoms with van der Waals surface area (Å²) in [6, 6.07) is 9.95. The summed E-state index contributed by atoms with van der Waals surface area (Å²) in [5.41, 5.74) is -0.322. The smallest absolute Gasteiger partial charge is 0.255 e. The molecule has 0 fully saturated rings. The zero-order valence-corrected chi connectivity index (χ0v) is 10.3. The van der Waals surface area contributed by atoms with Crippen molar-refractivity contribution in [2.24, 2.45) is 0 Å². The highest BCUT2D eigenvalue weighted by molar-refractivity contribution is 6.04. The van der Waals surface area contributed by atoms with E-state index in [0.29, 0.717) is 5.56 Å². The lowest BCUT2D eigenvalue weighted by molar-refractivity contribution is 0.102. The van der Waals surface area contributed by atoms with Gasteiger partial charge in [-0.15, -0.1) is 0 Å². The zero-order chi connectivity index (χ0) is 14.7. The van der Waals surface area contributed by atoms with Crippen molar-refractivity contribution in [1.82, 2.24) is 0 Å². The van der Waals surface area contributed by atoms with Crippen molar-refractivity contribution >= 4 is 17.4 Å². The zero-order valence-electron chi connectivity index (χ0n) is 10.3. The number of hydrogen-bond donors (Lipinski definition) is 1. The maximum absolute atomic E-state index is 13.3. The van der Waals surface area contributed by atoms with Crippen molar-refractivity contribution in [3.63, 3.8) is 0 Å². The molecule has 2 rings (SSSR count). The molecule has 0 atom stereocenters. The Hall–Kier alpha value is -2.56. The van der Waals surface area contributed by atoms with Crippen LogP contribution in [-0.4, -0.2) is 5.91 Å². The molecule has 0 saturated carbocycles. The summed E-state index contributed by atoms with van der Waals surface area (Å²) >= 11 is 0. The molecule has 2 aromatic rings. The predicted octanol–water partition coefficient (Wildman–Crippen LogP) is 4.16. The van der Waals surface area contributed by atoms with Crippen LogP contribution < -0.4 is 5.32 Å². The average molecular weight is 277 g/mol. The Morgan fingerprint density at radius 2 is 1.75 bits per heavy atom. The molecule has 20 heavy (non-hydrogen) atoms. The Balaban J connectivity index is 2.31. The maximum Gasteiger partial charge on any atom is 0.255 e. The van der Waals surface area contributed by atoms with Crippen molar-refractivity contribution in [2.45, 2.75) is 0 Å². The van der Waals surface area contributed by atoms with E-state index in [9.17, 15) is 18.0 Å². The second-order valence-corrected chi connectivity index (χ2v) is 4.04. The molecule has 0 aliphatic rings. The van der Waals surface area contributed by atoms with E-state index in [1.807, 2.05) is 0 Å². The second kappa shape index (κ2) is 5.61. The normalized spacial score (nSPS) is 10.2. The van der Waals surface area contributed by atoms with E-state index in [4.69, 9.17) is 0 Å². The lowest BCUT2D eigenvalue weighted by Gasteiger charge is -2.08.